The molecular formula is C59H77BO6. The van der Waals surface area contributed by atoms with Gasteiger partial charge in [-0.05, 0) is 150 Å². The Hall–Kier alpha value is -4.18. The van der Waals surface area contributed by atoms with Crippen LogP contribution in [0.2, 0.25) is 0 Å². The molecule has 0 radical (unpaired) electrons. The lowest BCUT2D eigenvalue weighted by Crippen LogP contribution is -2.41. The molecule has 0 saturated carbocycles. The van der Waals surface area contributed by atoms with Crippen molar-refractivity contribution in [3.63, 3.8) is 0 Å². The molecule has 4 aromatic rings. The SMILES string of the molecule is CCC(CC)(c1ccc(C#CC2(O)CCOCC2)c(C)c1)c1ccc(B2OC(C)(C)C(C)(C)O2)c(C)c1.CCC(CC)(c1ccc(C)c(C)c1)c1ccc(C#CC2(O)CCOCC2)c(C)c1. The van der Waals surface area contributed by atoms with Crippen molar-refractivity contribution in [2.45, 2.75) is 175 Å². The van der Waals surface area contributed by atoms with Crippen molar-refractivity contribution in [1.29, 1.82) is 0 Å². The zero-order chi connectivity index (χ0) is 48.1. The highest BCUT2D eigenvalue weighted by atomic mass is 16.7. The summed E-state index contributed by atoms with van der Waals surface area (Å²) in [4.78, 5) is 0. The number of hydrogen-bond donors (Lipinski definition) is 2. The fourth-order valence-electron chi connectivity index (χ4n) is 9.95. The molecule has 0 spiro atoms. The van der Waals surface area contributed by atoms with Gasteiger partial charge in [-0.25, -0.2) is 0 Å². The summed E-state index contributed by atoms with van der Waals surface area (Å²) in [7, 11) is -0.359. The van der Waals surface area contributed by atoms with Crippen LogP contribution in [0.15, 0.2) is 72.8 Å². The number of rotatable bonds is 9. The molecule has 3 aliphatic heterocycles. The molecule has 4 aromatic carbocycles. The van der Waals surface area contributed by atoms with Crippen LogP contribution < -0.4 is 5.46 Å². The molecule has 2 N–H and O–H groups in total. The summed E-state index contributed by atoms with van der Waals surface area (Å²) in [6.45, 7) is 30.5. The van der Waals surface area contributed by atoms with E-state index < -0.39 is 11.2 Å². The Balaban J connectivity index is 0.000000225. The first-order valence-corrected chi connectivity index (χ1v) is 24.6. The molecule has 3 saturated heterocycles. The highest BCUT2D eigenvalue weighted by Gasteiger charge is 2.52. The Bertz CT molecular complexity index is 2440. The molecule has 3 aliphatic rings. The summed E-state index contributed by atoms with van der Waals surface area (Å²) >= 11 is 0. The summed E-state index contributed by atoms with van der Waals surface area (Å²) in [5.41, 5.74) is 11.9. The van der Waals surface area contributed by atoms with Gasteiger partial charge < -0.3 is 29.0 Å². The molecule has 3 heterocycles. The van der Waals surface area contributed by atoms with E-state index in [1.54, 1.807) is 0 Å². The van der Waals surface area contributed by atoms with E-state index in [-0.39, 0.29) is 29.2 Å². The summed E-state index contributed by atoms with van der Waals surface area (Å²) in [6, 6.07) is 26.9. The van der Waals surface area contributed by atoms with E-state index in [9.17, 15) is 10.2 Å². The lowest BCUT2D eigenvalue weighted by Gasteiger charge is -2.34. The predicted octanol–water partition coefficient (Wildman–Crippen LogP) is 11.2. The summed E-state index contributed by atoms with van der Waals surface area (Å²) < 4.78 is 23.4. The highest BCUT2D eigenvalue weighted by molar-refractivity contribution is 6.62. The second-order valence-electron chi connectivity index (χ2n) is 20.4. The molecule has 3 fully saturated rings. The smallest absolute Gasteiger partial charge is 0.399 e. The van der Waals surface area contributed by atoms with Crippen molar-refractivity contribution in [2.24, 2.45) is 0 Å². The minimum absolute atomic E-state index is 0.00802. The molecule has 352 valence electrons. The van der Waals surface area contributed by atoms with Crippen molar-refractivity contribution in [3.05, 3.63) is 134 Å². The fourth-order valence-corrected chi connectivity index (χ4v) is 9.95. The van der Waals surface area contributed by atoms with E-state index in [0.29, 0.717) is 52.1 Å². The van der Waals surface area contributed by atoms with Gasteiger partial charge in [0.15, 0.2) is 0 Å². The average Bonchev–Trinajstić information content (AvgIpc) is 3.51. The van der Waals surface area contributed by atoms with Crippen LogP contribution in [0.4, 0.5) is 0 Å². The van der Waals surface area contributed by atoms with Crippen LogP contribution in [0, 0.1) is 58.3 Å². The van der Waals surface area contributed by atoms with E-state index in [1.165, 1.54) is 44.5 Å². The standard InChI is InChI=1S/C32H43BO4.C27H34O2/c1-9-32(10-2,26-12-11-25(23(3)21-26)15-16-31(34)17-19-35-20-18-31)27-13-14-28(24(4)22-27)33-36-29(5,6)30(7,8)37-33;1-6-27(7-2,24-10-8-20(3)21(4)18-24)25-11-9-23(22(5)19-25)12-13-26(28)14-16-29-17-15-26/h11-14,21-22,34H,9-10,17-20H2,1-8H3;8-11,18-19,28H,6-7,14-17H2,1-5H3. The molecule has 6 nitrogen and oxygen atoms in total. The lowest BCUT2D eigenvalue weighted by atomic mass is 9.68. The van der Waals surface area contributed by atoms with Gasteiger partial charge >= 0.3 is 7.12 Å². The molecular weight excluding hydrogens is 815 g/mol. The zero-order valence-corrected chi connectivity index (χ0v) is 42.5. The first-order valence-electron chi connectivity index (χ1n) is 24.6. The van der Waals surface area contributed by atoms with E-state index in [0.717, 1.165) is 47.8 Å². The predicted molar refractivity (Wildman–Crippen MR) is 272 cm³/mol. The molecule has 0 atom stereocenters. The second-order valence-corrected chi connectivity index (χ2v) is 20.4. The fraction of sp³-hybridized carbons (Fsp3) is 0.525. The van der Waals surface area contributed by atoms with Gasteiger partial charge in [-0.1, -0.05) is 118 Å². The number of hydrogen-bond acceptors (Lipinski definition) is 6. The first-order chi connectivity index (χ1) is 31.2. The van der Waals surface area contributed by atoms with Gasteiger partial charge in [0.25, 0.3) is 0 Å². The van der Waals surface area contributed by atoms with E-state index in [4.69, 9.17) is 18.8 Å². The lowest BCUT2D eigenvalue weighted by molar-refractivity contribution is -0.0266. The quantitative estimate of drug-likeness (QED) is 0.129. The van der Waals surface area contributed by atoms with Gasteiger partial charge in [0.2, 0.25) is 0 Å². The third-order valence-corrected chi connectivity index (χ3v) is 15.9. The van der Waals surface area contributed by atoms with Gasteiger partial charge in [-0.2, -0.15) is 0 Å². The summed E-state index contributed by atoms with van der Waals surface area (Å²) in [5.74, 6) is 12.7. The number of benzene rings is 4. The number of ether oxygens (including phenoxy) is 2. The second kappa shape index (κ2) is 20.6. The maximum atomic E-state index is 10.7. The van der Waals surface area contributed by atoms with Crippen molar-refractivity contribution >= 4 is 12.6 Å². The molecule has 0 amide bonds. The first kappa shape index (κ1) is 51.2. The van der Waals surface area contributed by atoms with Crippen LogP contribution >= 0.6 is 0 Å². The molecule has 66 heavy (non-hydrogen) atoms. The van der Waals surface area contributed by atoms with E-state index in [2.05, 4.69) is 186 Å². The topological polar surface area (TPSA) is 77.4 Å². The number of aryl methyl sites for hydroxylation is 5. The van der Waals surface area contributed by atoms with E-state index in [1.807, 2.05) is 0 Å². The van der Waals surface area contributed by atoms with Crippen LogP contribution in [-0.4, -0.2) is 66.2 Å². The Morgan fingerprint density at radius 2 is 0.833 bits per heavy atom. The number of aliphatic hydroxyl groups is 2. The summed E-state index contributed by atoms with van der Waals surface area (Å²) in [5, 5.41) is 21.4. The van der Waals surface area contributed by atoms with Crippen LogP contribution in [-0.2, 0) is 29.6 Å². The summed E-state index contributed by atoms with van der Waals surface area (Å²) in [6.07, 6.45) is 6.37. The van der Waals surface area contributed by atoms with Crippen LogP contribution in [0.5, 0.6) is 0 Å². The van der Waals surface area contributed by atoms with Crippen LogP contribution in [0.25, 0.3) is 0 Å². The minimum Gasteiger partial charge on any atom is -0.399 e. The normalized spacial score (nSPS) is 18.6. The van der Waals surface area contributed by atoms with Crippen molar-refractivity contribution in [3.8, 4) is 23.7 Å². The molecule has 0 aliphatic carbocycles. The van der Waals surface area contributed by atoms with Gasteiger partial charge in [0.05, 0.1) is 37.6 Å². The molecule has 7 rings (SSSR count). The van der Waals surface area contributed by atoms with Crippen LogP contribution in [0.3, 0.4) is 0 Å². The Kier molecular flexibility index (Phi) is 16.0. The van der Waals surface area contributed by atoms with Crippen molar-refractivity contribution in [2.75, 3.05) is 26.4 Å². The maximum Gasteiger partial charge on any atom is 0.495 e. The molecule has 0 aromatic heterocycles. The largest absolute Gasteiger partial charge is 0.495 e. The van der Waals surface area contributed by atoms with Gasteiger partial charge in [0, 0.05) is 47.6 Å². The van der Waals surface area contributed by atoms with Crippen LogP contribution in [0.1, 0.15) is 168 Å². The Labute approximate surface area is 398 Å². The average molecular weight is 893 g/mol. The zero-order valence-electron chi connectivity index (χ0n) is 42.5. The minimum atomic E-state index is -0.948. The monoisotopic (exact) mass is 893 g/mol. The Morgan fingerprint density at radius 1 is 0.485 bits per heavy atom. The molecule has 0 bridgehead atoms. The van der Waals surface area contributed by atoms with Gasteiger partial charge in [0.1, 0.15) is 11.2 Å². The van der Waals surface area contributed by atoms with Gasteiger partial charge in [-0.15, -0.1) is 0 Å². The van der Waals surface area contributed by atoms with E-state index >= 15 is 0 Å². The third kappa shape index (κ3) is 10.7. The maximum absolute atomic E-state index is 10.7. The molecule has 7 heteroatoms. The third-order valence-electron chi connectivity index (χ3n) is 15.9. The van der Waals surface area contributed by atoms with Crippen molar-refractivity contribution in [1.82, 2.24) is 0 Å². The molecule has 0 unspecified atom stereocenters. The highest BCUT2D eigenvalue weighted by Crippen LogP contribution is 2.42. The van der Waals surface area contributed by atoms with Gasteiger partial charge in [-0.3, -0.25) is 0 Å². The Morgan fingerprint density at radius 3 is 1.18 bits per heavy atom. The van der Waals surface area contributed by atoms with Crippen molar-refractivity contribution < 1.29 is 29.0 Å².